The van der Waals surface area contributed by atoms with Gasteiger partial charge in [-0.25, -0.2) is 9.97 Å². The minimum atomic E-state index is -0.130. The molecule has 3 rings (SSSR count). The Kier molecular flexibility index (Phi) is 4.09. The summed E-state index contributed by atoms with van der Waals surface area (Å²) < 4.78 is 0. The van der Waals surface area contributed by atoms with E-state index in [2.05, 4.69) is 40.9 Å². The Hall–Kier alpha value is -2.69. The normalized spacial score (nSPS) is 12.4. The van der Waals surface area contributed by atoms with Crippen molar-refractivity contribution in [2.24, 2.45) is 0 Å². The molecular weight excluding hydrogens is 300 g/mol. The molecule has 1 atom stereocenters. The van der Waals surface area contributed by atoms with E-state index in [-0.39, 0.29) is 11.9 Å². The number of H-pyrrole nitrogens is 1. The van der Waals surface area contributed by atoms with Crippen LogP contribution in [0.2, 0.25) is 0 Å². The SMILES string of the molecule is Cc1cc(C)c2[nH]c(C(=O)N(C)C(C)c3ccncn3)c(C)c2c1. The van der Waals surface area contributed by atoms with Gasteiger partial charge in [-0.2, -0.15) is 0 Å². The third-order valence-electron chi connectivity index (χ3n) is 4.66. The number of nitrogens with zero attached hydrogens (tertiary/aromatic N) is 3. The molecule has 5 nitrogen and oxygen atoms in total. The maximum absolute atomic E-state index is 13.0. The number of hydrogen-bond donors (Lipinski definition) is 1. The summed E-state index contributed by atoms with van der Waals surface area (Å²) in [5, 5.41) is 1.11. The molecule has 0 aliphatic rings. The average molecular weight is 322 g/mol. The maximum atomic E-state index is 13.0. The van der Waals surface area contributed by atoms with Gasteiger partial charge in [0.25, 0.3) is 5.91 Å². The van der Waals surface area contributed by atoms with Crippen molar-refractivity contribution in [3.8, 4) is 0 Å². The van der Waals surface area contributed by atoms with E-state index in [1.165, 1.54) is 11.9 Å². The van der Waals surface area contributed by atoms with Gasteiger partial charge < -0.3 is 9.88 Å². The summed E-state index contributed by atoms with van der Waals surface area (Å²) in [5.74, 6) is -0.0353. The van der Waals surface area contributed by atoms with Crippen LogP contribution in [-0.4, -0.2) is 32.8 Å². The molecule has 0 saturated heterocycles. The quantitative estimate of drug-likeness (QED) is 0.799. The first kappa shape index (κ1) is 16.2. The third-order valence-corrected chi connectivity index (χ3v) is 4.66. The van der Waals surface area contributed by atoms with Gasteiger partial charge in [0.2, 0.25) is 0 Å². The van der Waals surface area contributed by atoms with Crippen molar-refractivity contribution in [1.82, 2.24) is 19.9 Å². The average Bonchev–Trinajstić information content (AvgIpc) is 2.91. The highest BCUT2D eigenvalue weighted by Gasteiger charge is 2.24. The van der Waals surface area contributed by atoms with Gasteiger partial charge in [-0.1, -0.05) is 11.6 Å². The van der Waals surface area contributed by atoms with Crippen LogP contribution in [0.4, 0.5) is 0 Å². The Morgan fingerprint density at radius 2 is 2.00 bits per heavy atom. The summed E-state index contributed by atoms with van der Waals surface area (Å²) >= 11 is 0. The third kappa shape index (κ3) is 2.66. The van der Waals surface area contributed by atoms with E-state index in [1.54, 1.807) is 18.1 Å². The predicted octanol–water partition coefficient (Wildman–Crippen LogP) is 3.72. The van der Waals surface area contributed by atoms with E-state index < -0.39 is 0 Å². The van der Waals surface area contributed by atoms with Gasteiger partial charge in [-0.15, -0.1) is 0 Å². The standard InChI is InChI=1S/C19H22N4O/c1-11-8-12(2)17-15(9-11)13(3)18(22-17)19(24)23(5)14(4)16-6-7-20-10-21-16/h6-10,14,22H,1-5H3. The smallest absolute Gasteiger partial charge is 0.270 e. The van der Waals surface area contributed by atoms with Crippen molar-refractivity contribution in [3.63, 3.8) is 0 Å². The highest BCUT2D eigenvalue weighted by atomic mass is 16.2. The molecule has 0 aliphatic carbocycles. The summed E-state index contributed by atoms with van der Waals surface area (Å²) in [6.45, 7) is 8.10. The highest BCUT2D eigenvalue weighted by molar-refractivity contribution is 6.01. The highest BCUT2D eigenvalue weighted by Crippen LogP contribution is 2.28. The summed E-state index contributed by atoms with van der Waals surface area (Å²) in [7, 11) is 1.80. The molecule has 0 spiro atoms. The number of benzene rings is 1. The topological polar surface area (TPSA) is 61.9 Å². The first-order valence-electron chi connectivity index (χ1n) is 8.02. The fourth-order valence-corrected chi connectivity index (χ4v) is 3.10. The van der Waals surface area contributed by atoms with E-state index in [0.29, 0.717) is 5.69 Å². The molecule has 1 N–H and O–H groups in total. The van der Waals surface area contributed by atoms with Crippen LogP contribution in [0.1, 0.15) is 45.8 Å². The summed E-state index contributed by atoms with van der Waals surface area (Å²) in [6.07, 6.45) is 3.20. The Morgan fingerprint density at radius 3 is 2.67 bits per heavy atom. The lowest BCUT2D eigenvalue weighted by atomic mass is 10.1. The molecule has 3 aromatic rings. The lowest BCUT2D eigenvalue weighted by Gasteiger charge is -2.24. The van der Waals surface area contributed by atoms with Crippen LogP contribution in [0.15, 0.2) is 30.7 Å². The number of carbonyl (C=O) groups is 1. The van der Waals surface area contributed by atoms with Gasteiger partial charge in [0.1, 0.15) is 12.0 Å². The molecule has 0 bridgehead atoms. The molecule has 2 heterocycles. The first-order chi connectivity index (χ1) is 11.4. The molecule has 1 unspecified atom stereocenters. The van der Waals surface area contributed by atoms with Crippen molar-refractivity contribution in [1.29, 1.82) is 0 Å². The number of aryl methyl sites for hydroxylation is 3. The summed E-state index contributed by atoms with van der Waals surface area (Å²) in [5.41, 5.74) is 5.83. The van der Waals surface area contributed by atoms with Crippen LogP contribution in [0.5, 0.6) is 0 Å². The molecule has 124 valence electrons. The van der Waals surface area contributed by atoms with E-state index in [0.717, 1.165) is 27.7 Å². The maximum Gasteiger partial charge on any atom is 0.270 e. The fraction of sp³-hybridized carbons (Fsp3) is 0.316. The number of nitrogens with one attached hydrogen (secondary N) is 1. The number of fused-ring (bicyclic) bond motifs is 1. The van der Waals surface area contributed by atoms with Crippen LogP contribution in [0.25, 0.3) is 10.9 Å². The van der Waals surface area contributed by atoms with E-state index in [1.807, 2.05) is 19.9 Å². The van der Waals surface area contributed by atoms with Crippen molar-refractivity contribution >= 4 is 16.8 Å². The van der Waals surface area contributed by atoms with Gasteiger partial charge in [-0.3, -0.25) is 4.79 Å². The minimum absolute atomic E-state index is 0.0353. The van der Waals surface area contributed by atoms with Crippen molar-refractivity contribution in [2.45, 2.75) is 33.7 Å². The number of rotatable bonds is 3. The molecular formula is C19H22N4O. The van der Waals surface area contributed by atoms with Gasteiger partial charge in [0, 0.05) is 24.1 Å². The molecule has 1 amide bonds. The van der Waals surface area contributed by atoms with Gasteiger partial charge >= 0.3 is 0 Å². The van der Waals surface area contributed by atoms with Crippen molar-refractivity contribution < 1.29 is 4.79 Å². The zero-order chi connectivity index (χ0) is 17.4. The molecule has 24 heavy (non-hydrogen) atoms. The number of carbonyl (C=O) groups excluding carboxylic acids is 1. The monoisotopic (exact) mass is 322 g/mol. The van der Waals surface area contributed by atoms with E-state index >= 15 is 0 Å². The Labute approximate surface area is 141 Å². The van der Waals surface area contributed by atoms with Crippen LogP contribution in [0.3, 0.4) is 0 Å². The Morgan fingerprint density at radius 1 is 1.25 bits per heavy atom. The second-order valence-electron chi connectivity index (χ2n) is 6.36. The van der Waals surface area contributed by atoms with E-state index in [9.17, 15) is 4.79 Å². The Bertz CT molecular complexity index is 899. The van der Waals surface area contributed by atoms with Gasteiger partial charge in [0.05, 0.1) is 11.7 Å². The molecule has 1 aromatic carbocycles. The number of aromatic amines is 1. The van der Waals surface area contributed by atoms with Gasteiger partial charge in [0.15, 0.2) is 0 Å². The van der Waals surface area contributed by atoms with E-state index in [4.69, 9.17) is 0 Å². The minimum Gasteiger partial charge on any atom is -0.350 e. The summed E-state index contributed by atoms with van der Waals surface area (Å²) in [4.78, 5) is 26.2. The zero-order valence-electron chi connectivity index (χ0n) is 14.7. The zero-order valence-corrected chi connectivity index (χ0v) is 14.7. The van der Waals surface area contributed by atoms with Crippen LogP contribution < -0.4 is 0 Å². The lowest BCUT2D eigenvalue weighted by molar-refractivity contribution is 0.0734. The molecule has 0 aliphatic heterocycles. The van der Waals surface area contributed by atoms with Crippen LogP contribution in [-0.2, 0) is 0 Å². The Balaban J connectivity index is 1.99. The van der Waals surface area contributed by atoms with Crippen LogP contribution >= 0.6 is 0 Å². The number of aromatic nitrogens is 3. The second-order valence-corrected chi connectivity index (χ2v) is 6.36. The van der Waals surface area contributed by atoms with Crippen LogP contribution in [0, 0.1) is 20.8 Å². The largest absolute Gasteiger partial charge is 0.350 e. The van der Waals surface area contributed by atoms with Crippen molar-refractivity contribution in [3.05, 3.63) is 58.8 Å². The molecule has 0 fully saturated rings. The second kappa shape index (κ2) is 6.07. The predicted molar refractivity (Wildman–Crippen MR) is 95.1 cm³/mol. The number of hydrogen-bond acceptors (Lipinski definition) is 3. The molecule has 5 heteroatoms. The lowest BCUT2D eigenvalue weighted by Crippen LogP contribution is -2.30. The first-order valence-corrected chi connectivity index (χ1v) is 8.02. The number of amides is 1. The van der Waals surface area contributed by atoms with Crippen molar-refractivity contribution in [2.75, 3.05) is 7.05 Å². The molecule has 2 aromatic heterocycles. The summed E-state index contributed by atoms with van der Waals surface area (Å²) in [6, 6.07) is 5.95. The molecule has 0 radical (unpaired) electrons. The fourth-order valence-electron chi connectivity index (χ4n) is 3.10. The molecule has 0 saturated carbocycles. The van der Waals surface area contributed by atoms with Gasteiger partial charge in [-0.05, 0) is 51.0 Å².